The first kappa shape index (κ1) is 15.7. The van der Waals surface area contributed by atoms with Gasteiger partial charge < -0.3 is 14.3 Å². The molecule has 1 N–H and O–H groups in total. The minimum atomic E-state index is -0.601. The van der Waals surface area contributed by atoms with Crippen molar-refractivity contribution in [3.8, 4) is 5.75 Å². The fraction of sp³-hybridized carbons (Fsp3) is 0.111. The summed E-state index contributed by atoms with van der Waals surface area (Å²) in [7, 11) is 0. The number of hydrogen-bond acceptors (Lipinski definition) is 5. The maximum atomic E-state index is 13.1. The van der Waals surface area contributed by atoms with Crippen LogP contribution in [0.4, 0.5) is 4.39 Å². The number of aromatic hydroxyl groups is 1. The maximum Gasteiger partial charge on any atom is 0.310 e. The van der Waals surface area contributed by atoms with Crippen molar-refractivity contribution in [1.29, 1.82) is 0 Å². The topological polar surface area (TPSA) is 76.7 Å². The third kappa shape index (κ3) is 3.43. The summed E-state index contributed by atoms with van der Waals surface area (Å²) >= 11 is 0. The minimum Gasteiger partial charge on any atom is -0.508 e. The Morgan fingerprint density at radius 3 is 2.79 bits per heavy atom. The van der Waals surface area contributed by atoms with Gasteiger partial charge in [0.05, 0.1) is 12.7 Å². The molecule has 2 aromatic carbocycles. The van der Waals surface area contributed by atoms with E-state index in [9.17, 15) is 19.1 Å². The number of benzene rings is 2. The summed E-state index contributed by atoms with van der Waals surface area (Å²) < 4.78 is 23.3. The zero-order valence-electron chi connectivity index (χ0n) is 12.5. The number of furan rings is 1. The average Bonchev–Trinajstić information content (AvgIpc) is 2.94. The molecule has 0 spiro atoms. The third-order valence-electron chi connectivity index (χ3n) is 3.48. The maximum absolute atomic E-state index is 13.1. The molecule has 0 atom stereocenters. The van der Waals surface area contributed by atoms with Gasteiger partial charge in [-0.15, -0.1) is 0 Å². The normalized spacial score (nSPS) is 10.7. The predicted octanol–water partition coefficient (Wildman–Crippen LogP) is 3.25. The van der Waals surface area contributed by atoms with Crippen LogP contribution in [0.25, 0.3) is 11.0 Å². The lowest BCUT2D eigenvalue weighted by Gasteiger charge is -2.04. The smallest absolute Gasteiger partial charge is 0.310 e. The number of ketones is 1. The first-order chi connectivity index (χ1) is 11.5. The van der Waals surface area contributed by atoms with Gasteiger partial charge in [0.2, 0.25) is 0 Å². The number of halogens is 1. The number of phenolic OH excluding ortho intramolecular Hbond substituents is 1. The van der Waals surface area contributed by atoms with Gasteiger partial charge in [-0.25, -0.2) is 4.39 Å². The van der Waals surface area contributed by atoms with Gasteiger partial charge in [0.15, 0.2) is 12.4 Å². The number of ether oxygens (including phenoxy) is 1. The van der Waals surface area contributed by atoms with Crippen molar-refractivity contribution in [2.24, 2.45) is 0 Å². The molecular formula is C18H13FO5. The minimum absolute atomic E-state index is 0.0617. The van der Waals surface area contributed by atoms with Crippen molar-refractivity contribution in [2.75, 3.05) is 6.61 Å². The molecule has 5 nitrogen and oxygen atoms in total. The molecule has 0 aliphatic carbocycles. The predicted molar refractivity (Wildman–Crippen MR) is 83.3 cm³/mol. The molecule has 1 heterocycles. The van der Waals surface area contributed by atoms with Crippen LogP contribution in [-0.4, -0.2) is 23.5 Å². The van der Waals surface area contributed by atoms with E-state index in [4.69, 9.17) is 9.15 Å². The van der Waals surface area contributed by atoms with Crippen molar-refractivity contribution >= 4 is 22.7 Å². The Hall–Kier alpha value is -3.15. The number of Topliss-reactive ketones (excluding diaryl/α,β-unsaturated/α-hetero) is 1. The molecule has 0 aliphatic rings. The Bertz CT molecular complexity index is 913. The van der Waals surface area contributed by atoms with E-state index in [0.29, 0.717) is 16.5 Å². The Morgan fingerprint density at radius 1 is 1.17 bits per heavy atom. The first-order valence-electron chi connectivity index (χ1n) is 7.16. The molecule has 0 bridgehead atoms. The summed E-state index contributed by atoms with van der Waals surface area (Å²) in [5, 5.41) is 10.1. The van der Waals surface area contributed by atoms with Gasteiger partial charge in [0.25, 0.3) is 0 Å². The van der Waals surface area contributed by atoms with Crippen molar-refractivity contribution < 1.29 is 28.2 Å². The highest BCUT2D eigenvalue weighted by Gasteiger charge is 2.14. The van der Waals surface area contributed by atoms with E-state index in [0.717, 1.165) is 6.07 Å². The Morgan fingerprint density at radius 2 is 2.00 bits per heavy atom. The zero-order chi connectivity index (χ0) is 17.1. The summed E-state index contributed by atoms with van der Waals surface area (Å²) in [6.07, 6.45) is 1.33. The van der Waals surface area contributed by atoms with Crippen LogP contribution in [0, 0.1) is 5.82 Å². The second-order valence-electron chi connectivity index (χ2n) is 5.21. The fourth-order valence-electron chi connectivity index (χ4n) is 2.31. The largest absolute Gasteiger partial charge is 0.508 e. The molecule has 0 amide bonds. The van der Waals surface area contributed by atoms with Gasteiger partial charge in [-0.2, -0.15) is 0 Å². The third-order valence-corrected chi connectivity index (χ3v) is 3.48. The van der Waals surface area contributed by atoms with Gasteiger partial charge in [0, 0.05) is 22.6 Å². The highest BCUT2D eigenvalue weighted by molar-refractivity contribution is 5.98. The highest BCUT2D eigenvalue weighted by Crippen LogP contribution is 2.25. The Balaban J connectivity index is 1.62. The number of esters is 1. The molecule has 0 radical (unpaired) electrons. The van der Waals surface area contributed by atoms with Crippen molar-refractivity contribution in [3.05, 3.63) is 65.7 Å². The van der Waals surface area contributed by atoms with Crippen molar-refractivity contribution in [3.63, 3.8) is 0 Å². The van der Waals surface area contributed by atoms with Gasteiger partial charge in [-0.1, -0.05) is 12.1 Å². The van der Waals surface area contributed by atoms with Crippen LogP contribution in [0.5, 0.6) is 5.75 Å². The van der Waals surface area contributed by atoms with E-state index in [1.54, 1.807) is 6.07 Å². The van der Waals surface area contributed by atoms with Crippen LogP contribution in [0.1, 0.15) is 15.9 Å². The fourth-order valence-corrected chi connectivity index (χ4v) is 2.31. The van der Waals surface area contributed by atoms with Gasteiger partial charge >= 0.3 is 5.97 Å². The number of carbonyl (C=O) groups excluding carboxylic acids is 2. The molecule has 3 rings (SSSR count). The van der Waals surface area contributed by atoms with Gasteiger partial charge in [-0.05, 0) is 24.3 Å². The van der Waals surface area contributed by atoms with Crippen LogP contribution >= 0.6 is 0 Å². The first-order valence-corrected chi connectivity index (χ1v) is 7.16. The lowest BCUT2D eigenvalue weighted by Crippen LogP contribution is -2.15. The summed E-state index contributed by atoms with van der Waals surface area (Å²) in [5.74, 6) is -1.55. The summed E-state index contributed by atoms with van der Waals surface area (Å²) in [5.41, 5.74) is 1.19. The van der Waals surface area contributed by atoms with E-state index in [1.165, 1.54) is 36.6 Å². The molecule has 0 unspecified atom stereocenters. The van der Waals surface area contributed by atoms with E-state index < -0.39 is 24.2 Å². The lowest BCUT2D eigenvalue weighted by atomic mass is 10.1. The van der Waals surface area contributed by atoms with Gasteiger partial charge in [-0.3, -0.25) is 9.59 Å². The molecule has 3 aromatic rings. The number of hydrogen-bond donors (Lipinski definition) is 1. The molecule has 0 saturated heterocycles. The lowest BCUT2D eigenvalue weighted by molar-refractivity contribution is -0.141. The second kappa shape index (κ2) is 6.54. The van der Waals surface area contributed by atoms with Crippen LogP contribution in [0.15, 0.2) is 53.1 Å². The molecular weight excluding hydrogens is 315 g/mol. The molecule has 0 aliphatic heterocycles. The van der Waals surface area contributed by atoms with E-state index in [2.05, 4.69) is 0 Å². The highest BCUT2D eigenvalue weighted by atomic mass is 19.1. The van der Waals surface area contributed by atoms with Crippen LogP contribution in [0.2, 0.25) is 0 Å². The number of phenols is 1. The zero-order valence-corrected chi connectivity index (χ0v) is 12.5. The van der Waals surface area contributed by atoms with Crippen LogP contribution < -0.4 is 0 Å². The Kier molecular flexibility index (Phi) is 4.29. The summed E-state index contributed by atoms with van der Waals surface area (Å²) in [6.45, 7) is -0.459. The van der Waals surface area contributed by atoms with Crippen molar-refractivity contribution in [1.82, 2.24) is 0 Å². The van der Waals surface area contributed by atoms with Gasteiger partial charge in [0.1, 0.15) is 17.1 Å². The summed E-state index contributed by atoms with van der Waals surface area (Å²) in [6, 6.07) is 9.75. The molecule has 1 aromatic heterocycles. The second-order valence-corrected chi connectivity index (χ2v) is 5.21. The number of rotatable bonds is 5. The molecule has 0 fully saturated rings. The number of carbonyl (C=O) groups is 2. The van der Waals surface area contributed by atoms with E-state index >= 15 is 0 Å². The van der Waals surface area contributed by atoms with E-state index in [-0.39, 0.29) is 17.7 Å². The number of fused-ring (bicyclic) bond motifs is 1. The molecule has 0 saturated carbocycles. The SMILES string of the molecule is O=C(Cc1coc2cc(O)ccc12)OCC(=O)c1cccc(F)c1. The standard InChI is InChI=1S/C18H13FO5/c19-13-3-1-2-11(6-13)16(21)10-24-18(22)7-12-9-23-17-8-14(20)4-5-15(12)17/h1-6,8-9,20H,7,10H2. The van der Waals surface area contributed by atoms with Crippen molar-refractivity contribution in [2.45, 2.75) is 6.42 Å². The van der Waals surface area contributed by atoms with Crippen LogP contribution in [0.3, 0.4) is 0 Å². The van der Waals surface area contributed by atoms with E-state index in [1.807, 2.05) is 0 Å². The quantitative estimate of drug-likeness (QED) is 0.575. The molecule has 122 valence electrons. The Labute approximate surface area is 136 Å². The monoisotopic (exact) mass is 328 g/mol. The van der Waals surface area contributed by atoms with Crippen LogP contribution in [-0.2, 0) is 16.0 Å². The summed E-state index contributed by atoms with van der Waals surface area (Å²) in [4.78, 5) is 23.7. The molecule has 24 heavy (non-hydrogen) atoms. The average molecular weight is 328 g/mol. The molecule has 6 heteroatoms.